The number of rotatable bonds is 2. The number of nitrogens with zero attached hydrogens (tertiary/aromatic N) is 2. The minimum atomic E-state index is -3.77. The van der Waals surface area contributed by atoms with Crippen molar-refractivity contribution in [3.8, 4) is 0 Å². The summed E-state index contributed by atoms with van der Waals surface area (Å²) in [6, 6.07) is 0. The molecule has 2 aliphatic rings. The number of hydrogen-bond acceptors (Lipinski definition) is 6. The van der Waals surface area contributed by atoms with Crippen LogP contribution in [-0.4, -0.2) is 36.9 Å². The minimum Gasteiger partial charge on any atom is -0.293 e. The average molecular weight is 335 g/mol. The van der Waals surface area contributed by atoms with E-state index in [4.69, 9.17) is 10.7 Å². The van der Waals surface area contributed by atoms with E-state index in [9.17, 15) is 18.0 Å². The highest BCUT2D eigenvalue weighted by Crippen LogP contribution is 2.34. The maximum absolute atomic E-state index is 11.9. The molecule has 1 aromatic rings. The van der Waals surface area contributed by atoms with Gasteiger partial charge in [0, 0.05) is 30.1 Å². The molecule has 1 saturated heterocycles. The molecule has 0 saturated carbocycles. The van der Waals surface area contributed by atoms with E-state index in [1.807, 2.05) is 0 Å². The van der Waals surface area contributed by atoms with E-state index in [-0.39, 0.29) is 24.7 Å². The molecule has 20 heavy (non-hydrogen) atoms. The largest absolute Gasteiger partial charge is 0.293 e. The summed E-state index contributed by atoms with van der Waals surface area (Å²) in [5.41, 5.74) is 0.714. The number of carbonyl (C=O) groups excluding carboxylic acids is 2. The molecule has 0 spiro atoms. The fourth-order valence-electron chi connectivity index (χ4n) is 2.42. The number of aromatic nitrogens is 1. The second-order valence-corrected chi connectivity index (χ2v) is 8.74. The number of carbonyl (C=O) groups is 2. The molecule has 108 valence electrons. The van der Waals surface area contributed by atoms with Gasteiger partial charge in [-0.1, -0.05) is 11.3 Å². The Morgan fingerprint density at radius 2 is 2.05 bits per heavy atom. The summed E-state index contributed by atoms with van der Waals surface area (Å²) in [7, 11) is 1.53. The molecule has 1 atom stereocenters. The molecule has 1 fully saturated rings. The van der Waals surface area contributed by atoms with Crippen LogP contribution in [0.15, 0.2) is 0 Å². The third kappa shape index (κ3) is 2.36. The molecular weight excluding hydrogens is 324 g/mol. The van der Waals surface area contributed by atoms with E-state index in [0.29, 0.717) is 22.1 Å². The van der Waals surface area contributed by atoms with Gasteiger partial charge in [-0.05, 0) is 12.8 Å². The van der Waals surface area contributed by atoms with Crippen molar-refractivity contribution in [2.75, 3.05) is 11.4 Å². The van der Waals surface area contributed by atoms with E-state index in [2.05, 4.69) is 4.98 Å². The van der Waals surface area contributed by atoms with Crippen LogP contribution in [0.1, 0.15) is 34.6 Å². The molecule has 6 nitrogen and oxygen atoms in total. The van der Waals surface area contributed by atoms with Gasteiger partial charge in [-0.25, -0.2) is 13.4 Å². The van der Waals surface area contributed by atoms with Crippen molar-refractivity contribution in [1.82, 2.24) is 4.98 Å². The first-order valence-corrected chi connectivity index (χ1v) is 9.32. The van der Waals surface area contributed by atoms with Gasteiger partial charge in [-0.2, -0.15) is 0 Å². The first-order chi connectivity index (χ1) is 9.36. The second kappa shape index (κ2) is 4.78. The highest BCUT2D eigenvalue weighted by atomic mass is 35.7. The van der Waals surface area contributed by atoms with E-state index >= 15 is 0 Å². The zero-order valence-corrected chi connectivity index (χ0v) is 12.7. The van der Waals surface area contributed by atoms with Gasteiger partial charge in [0.15, 0.2) is 10.9 Å². The molecule has 1 amide bonds. The van der Waals surface area contributed by atoms with Gasteiger partial charge >= 0.3 is 0 Å². The number of anilines is 1. The number of Topliss-reactive ketones (excluding diaryl/α,β-unsaturated/α-hetero) is 1. The first-order valence-electron chi connectivity index (χ1n) is 6.13. The summed E-state index contributed by atoms with van der Waals surface area (Å²) in [6.45, 7) is 0.00521. The summed E-state index contributed by atoms with van der Waals surface area (Å²) in [6.07, 6.45) is 1.85. The Labute approximate surface area is 124 Å². The van der Waals surface area contributed by atoms with Gasteiger partial charge in [0.05, 0.1) is 10.6 Å². The van der Waals surface area contributed by atoms with E-state index in [0.717, 1.165) is 24.2 Å². The predicted molar refractivity (Wildman–Crippen MR) is 74.9 cm³/mol. The highest BCUT2D eigenvalue weighted by Gasteiger charge is 2.39. The number of fused-ring (bicyclic) bond motifs is 1. The first kappa shape index (κ1) is 14.0. The molecule has 1 aliphatic heterocycles. The van der Waals surface area contributed by atoms with Crippen molar-refractivity contribution < 1.29 is 18.0 Å². The van der Waals surface area contributed by atoms with Crippen molar-refractivity contribution in [2.45, 2.75) is 30.9 Å². The Bertz CT molecular complexity index is 697. The summed E-state index contributed by atoms with van der Waals surface area (Å²) in [5, 5.41) is -0.508. The third-order valence-electron chi connectivity index (χ3n) is 3.48. The van der Waals surface area contributed by atoms with Crippen LogP contribution >= 0.6 is 22.0 Å². The van der Waals surface area contributed by atoms with Crippen LogP contribution in [0.5, 0.6) is 0 Å². The summed E-state index contributed by atoms with van der Waals surface area (Å²) in [5.74, 6) is -0.277. The van der Waals surface area contributed by atoms with Gasteiger partial charge in [-0.15, -0.1) is 0 Å². The normalized spacial score (nSPS) is 23.2. The molecule has 2 heterocycles. The van der Waals surface area contributed by atoms with Crippen LogP contribution in [0.25, 0.3) is 0 Å². The Morgan fingerprint density at radius 1 is 1.30 bits per heavy atom. The molecule has 1 unspecified atom stereocenters. The van der Waals surface area contributed by atoms with Crippen LogP contribution in [0.3, 0.4) is 0 Å². The standard InChI is InChI=1S/C11H11ClN2O4S2/c12-20(17,18)6-4-9(16)14(5-6)11-13-7-2-1-3-8(15)10(7)19-11/h6H,1-5H2. The molecule has 1 aromatic heterocycles. The zero-order valence-electron chi connectivity index (χ0n) is 10.3. The molecule has 0 radical (unpaired) electrons. The smallest absolute Gasteiger partial charge is 0.237 e. The zero-order chi connectivity index (χ0) is 14.5. The van der Waals surface area contributed by atoms with Crippen LogP contribution < -0.4 is 4.90 Å². The van der Waals surface area contributed by atoms with E-state index < -0.39 is 14.3 Å². The molecular formula is C11H11ClN2O4S2. The molecule has 9 heteroatoms. The maximum atomic E-state index is 11.9. The molecule has 0 aromatic carbocycles. The maximum Gasteiger partial charge on any atom is 0.237 e. The van der Waals surface area contributed by atoms with E-state index in [1.165, 1.54) is 4.90 Å². The monoisotopic (exact) mass is 334 g/mol. The molecule has 0 N–H and O–H groups in total. The fourth-order valence-corrected chi connectivity index (χ4v) is 4.55. The second-order valence-electron chi connectivity index (χ2n) is 4.86. The lowest BCUT2D eigenvalue weighted by atomic mass is 10.0. The molecule has 1 aliphatic carbocycles. The van der Waals surface area contributed by atoms with Crippen LogP contribution in [0.2, 0.25) is 0 Å². The number of amides is 1. The lowest BCUT2D eigenvalue weighted by Gasteiger charge is -2.11. The Balaban J connectivity index is 1.91. The SMILES string of the molecule is O=C1CCCc2nc(N3CC(S(=O)(=O)Cl)CC3=O)sc21. The summed E-state index contributed by atoms with van der Waals surface area (Å²) < 4.78 is 22.6. The number of halogens is 1. The van der Waals surface area contributed by atoms with Gasteiger partial charge in [0.25, 0.3) is 0 Å². The van der Waals surface area contributed by atoms with Crippen molar-refractivity contribution in [2.24, 2.45) is 0 Å². The van der Waals surface area contributed by atoms with Crippen LogP contribution in [0, 0.1) is 0 Å². The quantitative estimate of drug-likeness (QED) is 0.762. The summed E-state index contributed by atoms with van der Waals surface area (Å²) >= 11 is 1.16. The lowest BCUT2D eigenvalue weighted by molar-refractivity contribution is -0.117. The average Bonchev–Trinajstić information content (AvgIpc) is 2.92. The number of thiazole rings is 1. The van der Waals surface area contributed by atoms with Gasteiger partial charge < -0.3 is 0 Å². The third-order valence-corrected chi connectivity index (χ3v) is 6.50. The van der Waals surface area contributed by atoms with Crippen molar-refractivity contribution in [3.05, 3.63) is 10.6 Å². The number of ketones is 1. The Morgan fingerprint density at radius 3 is 2.65 bits per heavy atom. The Hall–Kier alpha value is -0.990. The lowest BCUT2D eigenvalue weighted by Crippen LogP contribution is -2.26. The number of hydrogen-bond donors (Lipinski definition) is 0. The van der Waals surface area contributed by atoms with Gasteiger partial charge in [-0.3, -0.25) is 14.5 Å². The highest BCUT2D eigenvalue weighted by molar-refractivity contribution is 8.14. The van der Waals surface area contributed by atoms with E-state index in [1.54, 1.807) is 0 Å². The van der Waals surface area contributed by atoms with Crippen molar-refractivity contribution >= 4 is 47.9 Å². The van der Waals surface area contributed by atoms with Gasteiger partial charge in [0.1, 0.15) is 5.25 Å². The topological polar surface area (TPSA) is 84.4 Å². The number of aryl methyl sites for hydroxylation is 1. The molecule has 0 bridgehead atoms. The minimum absolute atomic E-state index is 0.00521. The molecule has 3 rings (SSSR count). The Kier molecular flexibility index (Phi) is 3.34. The van der Waals surface area contributed by atoms with Crippen molar-refractivity contribution in [1.29, 1.82) is 0 Å². The van der Waals surface area contributed by atoms with Crippen molar-refractivity contribution in [3.63, 3.8) is 0 Å². The van der Waals surface area contributed by atoms with Gasteiger partial charge in [0.2, 0.25) is 15.0 Å². The summed E-state index contributed by atoms with van der Waals surface area (Å²) in [4.78, 5) is 29.9. The van der Waals surface area contributed by atoms with Crippen LogP contribution in [0.4, 0.5) is 5.13 Å². The predicted octanol–water partition coefficient (Wildman–Crippen LogP) is 1.34. The van der Waals surface area contributed by atoms with Crippen LogP contribution in [-0.2, 0) is 20.3 Å². The fraction of sp³-hybridized carbons (Fsp3) is 0.545.